The Morgan fingerprint density at radius 3 is 2.73 bits per heavy atom. The minimum atomic E-state index is -3.72. The number of sulfonamides is 1. The molecular weight excluding hydrogens is 378 g/mol. The Labute approximate surface area is 156 Å². The first-order valence-corrected chi connectivity index (χ1v) is 10.1. The molecular formula is C16H18ClN5O3S. The molecule has 2 aliphatic rings. The summed E-state index contributed by atoms with van der Waals surface area (Å²) in [4.78, 5) is 12.9. The molecule has 2 fully saturated rings. The highest BCUT2D eigenvalue weighted by molar-refractivity contribution is 7.89. The fourth-order valence-corrected chi connectivity index (χ4v) is 3.95. The fraction of sp³-hybridized carbons (Fsp3) is 0.375. The van der Waals surface area contributed by atoms with Crippen molar-refractivity contribution in [1.29, 1.82) is 0 Å². The predicted molar refractivity (Wildman–Crippen MR) is 97.6 cm³/mol. The van der Waals surface area contributed by atoms with E-state index in [2.05, 4.69) is 25.1 Å². The van der Waals surface area contributed by atoms with Crippen LogP contribution in [0.1, 0.15) is 12.8 Å². The Hall–Kier alpha value is -1.94. The third-order valence-electron chi connectivity index (χ3n) is 4.43. The van der Waals surface area contributed by atoms with Crippen molar-refractivity contribution in [2.45, 2.75) is 23.3 Å². The zero-order valence-electron chi connectivity index (χ0n) is 13.9. The molecule has 1 aromatic heterocycles. The number of halogens is 1. The summed E-state index contributed by atoms with van der Waals surface area (Å²) in [6, 6.07) is 8.05. The second kappa shape index (κ2) is 6.66. The van der Waals surface area contributed by atoms with Gasteiger partial charge in [-0.1, -0.05) is 29.8 Å². The van der Waals surface area contributed by atoms with Gasteiger partial charge >= 0.3 is 0 Å². The smallest absolute Gasteiger partial charge is 0.257 e. The molecule has 0 atom stereocenters. The zero-order chi connectivity index (χ0) is 18.2. The Kier molecular flexibility index (Phi) is 4.47. The molecule has 1 saturated carbocycles. The minimum Gasteiger partial charge on any atom is -0.371 e. The molecule has 1 aliphatic carbocycles. The van der Waals surface area contributed by atoms with Crippen LogP contribution in [0.3, 0.4) is 0 Å². The fourth-order valence-electron chi connectivity index (χ4n) is 2.88. The maximum Gasteiger partial charge on any atom is 0.257 e. The molecule has 8 nitrogen and oxygen atoms in total. The molecule has 4 rings (SSSR count). The van der Waals surface area contributed by atoms with Crippen LogP contribution in [0.5, 0.6) is 0 Å². The summed E-state index contributed by atoms with van der Waals surface area (Å²) in [5.41, 5.74) is 2.48. The Balaban J connectivity index is 1.49. The van der Waals surface area contributed by atoms with E-state index >= 15 is 0 Å². The monoisotopic (exact) mass is 395 g/mol. The largest absolute Gasteiger partial charge is 0.371 e. The third kappa shape index (κ3) is 3.61. The van der Waals surface area contributed by atoms with Crippen molar-refractivity contribution in [3.05, 3.63) is 41.6 Å². The first kappa shape index (κ1) is 17.5. The molecule has 1 aliphatic heterocycles. The number of rotatable bonds is 5. The van der Waals surface area contributed by atoms with Gasteiger partial charge in [0.2, 0.25) is 5.95 Å². The Morgan fingerprint density at radius 1 is 1.23 bits per heavy atom. The van der Waals surface area contributed by atoms with Crippen LogP contribution in [-0.2, 0) is 14.8 Å². The lowest BCUT2D eigenvalue weighted by Crippen LogP contribution is -2.44. The molecule has 26 heavy (non-hydrogen) atoms. The van der Waals surface area contributed by atoms with E-state index in [1.807, 2.05) is 0 Å². The number of nitrogens with one attached hydrogen (secondary N) is 2. The summed E-state index contributed by atoms with van der Waals surface area (Å²) in [5.74, 6) is 0.692. The van der Waals surface area contributed by atoms with Crippen LogP contribution in [0.4, 0.5) is 11.8 Å². The van der Waals surface area contributed by atoms with Crippen LogP contribution in [0.2, 0.25) is 5.02 Å². The predicted octanol–water partition coefficient (Wildman–Crippen LogP) is 1.80. The number of benzene rings is 1. The van der Waals surface area contributed by atoms with Crippen molar-refractivity contribution in [1.82, 2.24) is 14.8 Å². The highest BCUT2D eigenvalue weighted by Crippen LogP contribution is 2.43. The van der Waals surface area contributed by atoms with Crippen LogP contribution >= 0.6 is 11.6 Å². The van der Waals surface area contributed by atoms with E-state index in [1.54, 1.807) is 18.2 Å². The lowest BCUT2D eigenvalue weighted by atomic mass is 10.2. The highest BCUT2D eigenvalue weighted by atomic mass is 35.5. The van der Waals surface area contributed by atoms with Crippen LogP contribution in [0.25, 0.3) is 0 Å². The van der Waals surface area contributed by atoms with Gasteiger partial charge in [-0.25, -0.2) is 13.4 Å². The maximum absolute atomic E-state index is 12.3. The molecule has 0 bridgehead atoms. The number of ether oxygens (including phenoxy) is 1. The van der Waals surface area contributed by atoms with E-state index in [0.717, 1.165) is 19.4 Å². The number of morpholine rings is 1. The van der Waals surface area contributed by atoms with Crippen LogP contribution in [0, 0.1) is 0 Å². The SMILES string of the molecule is O=S(=O)(NNc1ncc(Cl)c(N2CCOC3(CC3)C2)n1)c1ccccc1. The molecule has 1 saturated heterocycles. The van der Waals surface area contributed by atoms with Crippen LogP contribution < -0.4 is 15.2 Å². The second-order valence-corrected chi connectivity index (χ2v) is 8.45. The highest BCUT2D eigenvalue weighted by Gasteiger charge is 2.48. The minimum absolute atomic E-state index is 0.0744. The van der Waals surface area contributed by atoms with E-state index in [0.29, 0.717) is 24.0 Å². The van der Waals surface area contributed by atoms with Gasteiger partial charge in [-0.05, 0) is 25.0 Å². The van der Waals surface area contributed by atoms with E-state index in [4.69, 9.17) is 16.3 Å². The summed E-state index contributed by atoms with van der Waals surface area (Å²) >= 11 is 6.26. The van der Waals surface area contributed by atoms with Gasteiger partial charge in [0.1, 0.15) is 5.02 Å². The van der Waals surface area contributed by atoms with Crippen LogP contribution in [0.15, 0.2) is 41.4 Å². The van der Waals surface area contributed by atoms with Crippen molar-refractivity contribution in [2.75, 3.05) is 30.0 Å². The zero-order valence-corrected chi connectivity index (χ0v) is 15.4. The first-order valence-electron chi connectivity index (χ1n) is 8.22. The third-order valence-corrected chi connectivity index (χ3v) is 5.96. The van der Waals surface area contributed by atoms with Gasteiger partial charge in [0.05, 0.1) is 23.3 Å². The number of hydrogen-bond acceptors (Lipinski definition) is 7. The standard InChI is InChI=1S/C16H18ClN5O3S/c17-13-10-18-15(20-21-26(23,24)12-4-2-1-3-5-12)19-14(13)22-8-9-25-16(11-22)6-7-16/h1-5,10,21H,6-9,11H2,(H,18,19,20). The average Bonchev–Trinajstić information content (AvgIpc) is 3.40. The molecule has 2 heterocycles. The van der Waals surface area contributed by atoms with Crippen LogP contribution in [-0.4, -0.2) is 43.7 Å². The summed E-state index contributed by atoms with van der Waals surface area (Å²) in [7, 11) is -3.72. The summed E-state index contributed by atoms with van der Waals surface area (Å²) < 4.78 is 30.3. The quantitative estimate of drug-likeness (QED) is 0.745. The molecule has 138 valence electrons. The Bertz CT molecular complexity index is 905. The van der Waals surface area contributed by atoms with Gasteiger partial charge in [-0.15, -0.1) is 4.83 Å². The number of aromatic nitrogens is 2. The number of hydrazine groups is 1. The molecule has 2 aromatic rings. The van der Waals surface area contributed by atoms with Crippen molar-refractivity contribution >= 4 is 33.4 Å². The van der Waals surface area contributed by atoms with Gasteiger partial charge in [0.25, 0.3) is 10.0 Å². The van der Waals surface area contributed by atoms with Crippen molar-refractivity contribution in [3.63, 3.8) is 0 Å². The maximum atomic E-state index is 12.3. The van der Waals surface area contributed by atoms with E-state index in [1.165, 1.54) is 18.3 Å². The lowest BCUT2D eigenvalue weighted by Gasteiger charge is -2.34. The van der Waals surface area contributed by atoms with Gasteiger partial charge in [-0.2, -0.15) is 4.98 Å². The number of nitrogens with zero attached hydrogens (tertiary/aromatic N) is 3. The van der Waals surface area contributed by atoms with Gasteiger partial charge in [0, 0.05) is 13.1 Å². The van der Waals surface area contributed by atoms with E-state index in [-0.39, 0.29) is 16.4 Å². The van der Waals surface area contributed by atoms with Gasteiger partial charge in [0.15, 0.2) is 5.82 Å². The van der Waals surface area contributed by atoms with Gasteiger partial charge < -0.3 is 9.64 Å². The summed E-state index contributed by atoms with van der Waals surface area (Å²) in [6.45, 7) is 2.01. The second-order valence-electron chi connectivity index (χ2n) is 6.36. The summed E-state index contributed by atoms with van der Waals surface area (Å²) in [5, 5.41) is 0.416. The van der Waals surface area contributed by atoms with E-state index < -0.39 is 10.0 Å². The van der Waals surface area contributed by atoms with Gasteiger partial charge in [-0.3, -0.25) is 5.43 Å². The number of hydrogen-bond donors (Lipinski definition) is 2. The van der Waals surface area contributed by atoms with E-state index in [9.17, 15) is 8.42 Å². The van der Waals surface area contributed by atoms with Crippen molar-refractivity contribution in [3.8, 4) is 0 Å². The molecule has 1 spiro atoms. The molecule has 10 heteroatoms. The topological polar surface area (TPSA) is 96.5 Å². The lowest BCUT2D eigenvalue weighted by molar-refractivity contribution is 0.0204. The van der Waals surface area contributed by atoms with Crippen molar-refractivity contribution < 1.29 is 13.2 Å². The average molecular weight is 396 g/mol. The molecule has 2 N–H and O–H groups in total. The molecule has 0 radical (unpaired) electrons. The first-order chi connectivity index (χ1) is 12.5. The normalized spacial score (nSPS) is 18.7. The summed E-state index contributed by atoms with van der Waals surface area (Å²) in [6.07, 6.45) is 3.53. The molecule has 1 aromatic carbocycles. The molecule has 0 amide bonds. The molecule has 0 unspecified atom stereocenters. The van der Waals surface area contributed by atoms with Crippen molar-refractivity contribution in [2.24, 2.45) is 0 Å². The Morgan fingerprint density at radius 2 is 2.00 bits per heavy atom. The number of anilines is 2.